The Hall–Kier alpha value is -4.13. The van der Waals surface area contributed by atoms with Gasteiger partial charge in [0.25, 0.3) is 5.91 Å². The molecule has 3 rings (SSSR count). The van der Waals surface area contributed by atoms with Crippen LogP contribution in [0.1, 0.15) is 37.4 Å². The van der Waals surface area contributed by atoms with Crippen molar-refractivity contribution in [1.29, 1.82) is 0 Å². The molecule has 8 nitrogen and oxygen atoms in total. The Morgan fingerprint density at radius 3 is 2.30 bits per heavy atom. The van der Waals surface area contributed by atoms with Crippen LogP contribution >= 0.6 is 0 Å². The fourth-order valence-electron chi connectivity index (χ4n) is 3.51. The number of carbonyl (C=O) groups excluding carboxylic acids is 1. The average Bonchev–Trinajstić information content (AvgIpc) is 2.74. The van der Waals surface area contributed by atoms with Crippen LogP contribution in [-0.4, -0.2) is 25.4 Å². The summed E-state index contributed by atoms with van der Waals surface area (Å²) in [6.45, 7) is 1.66. The molecule has 0 unspecified atom stereocenters. The van der Waals surface area contributed by atoms with Crippen molar-refractivity contribution in [3.05, 3.63) is 82.4 Å². The predicted molar refractivity (Wildman–Crippen MR) is 125 cm³/mol. The topological polar surface area (TPSA) is 167 Å². The van der Waals surface area contributed by atoms with E-state index in [-0.39, 0.29) is 23.2 Å². The van der Waals surface area contributed by atoms with Gasteiger partial charge in [-0.25, -0.2) is 18.4 Å². The molecule has 0 aliphatic rings. The van der Waals surface area contributed by atoms with Crippen LogP contribution in [-0.2, 0) is 16.4 Å². The van der Waals surface area contributed by atoms with Gasteiger partial charge >= 0.3 is 5.97 Å². The highest BCUT2D eigenvalue weighted by Crippen LogP contribution is 2.34. The van der Waals surface area contributed by atoms with Crippen molar-refractivity contribution in [2.45, 2.75) is 18.2 Å². The number of rotatable bonds is 5. The second kappa shape index (κ2) is 9.16. The standard InChI is InChI=1S/C24H21N3O5S/c1-14-15(10-6-12-18(14)24(29)30)9-5-11-17-13-19(16-7-3-2-4-8-16)21(25)20(23(26)28)22(17)33(27,31)32/h2-4,6-8,10,12-13H,9,25H2,1H3,(H2,26,28)(H,29,30)(H2,27,31,32). The van der Waals surface area contributed by atoms with Gasteiger partial charge in [-0.1, -0.05) is 54.3 Å². The molecule has 33 heavy (non-hydrogen) atoms. The third-order valence-electron chi connectivity index (χ3n) is 5.11. The molecule has 3 aromatic carbocycles. The zero-order valence-corrected chi connectivity index (χ0v) is 18.4. The first-order chi connectivity index (χ1) is 15.5. The molecule has 0 fully saturated rings. The first-order valence-electron chi connectivity index (χ1n) is 9.67. The largest absolute Gasteiger partial charge is 0.478 e. The van der Waals surface area contributed by atoms with E-state index in [2.05, 4.69) is 11.8 Å². The van der Waals surface area contributed by atoms with Gasteiger partial charge in [-0.2, -0.15) is 0 Å². The van der Waals surface area contributed by atoms with E-state index in [0.717, 1.165) is 0 Å². The van der Waals surface area contributed by atoms with Gasteiger partial charge in [0.1, 0.15) is 4.90 Å². The van der Waals surface area contributed by atoms with E-state index in [9.17, 15) is 23.1 Å². The van der Waals surface area contributed by atoms with Gasteiger partial charge in [-0.05, 0) is 35.7 Å². The van der Waals surface area contributed by atoms with Crippen LogP contribution < -0.4 is 16.6 Å². The SMILES string of the molecule is Cc1c(CC#Cc2cc(-c3ccccc3)c(N)c(C(N)=O)c2S(N)(=O)=O)cccc1C(=O)O. The minimum absolute atomic E-state index is 0.0357. The summed E-state index contributed by atoms with van der Waals surface area (Å²) in [7, 11) is -4.41. The number of primary amides is 1. The number of sulfonamides is 1. The third-order valence-corrected chi connectivity index (χ3v) is 6.11. The maximum Gasteiger partial charge on any atom is 0.335 e. The first-order valence-corrected chi connectivity index (χ1v) is 11.2. The lowest BCUT2D eigenvalue weighted by molar-refractivity contribution is 0.0695. The molecular formula is C24H21N3O5S. The molecule has 1 amide bonds. The number of anilines is 1. The quantitative estimate of drug-likeness (QED) is 0.334. The van der Waals surface area contributed by atoms with Crippen LogP contribution in [0.15, 0.2) is 59.5 Å². The number of carboxylic acids is 1. The van der Waals surface area contributed by atoms with Crippen molar-refractivity contribution in [3.63, 3.8) is 0 Å². The number of hydrogen-bond donors (Lipinski definition) is 4. The van der Waals surface area contributed by atoms with Crippen LogP contribution in [0.4, 0.5) is 5.69 Å². The van der Waals surface area contributed by atoms with Crippen LogP contribution in [0.2, 0.25) is 0 Å². The first kappa shape index (κ1) is 23.5. The van der Waals surface area contributed by atoms with Gasteiger partial charge in [0.2, 0.25) is 10.0 Å². The molecule has 0 aliphatic heterocycles. The third kappa shape index (κ3) is 4.87. The summed E-state index contributed by atoms with van der Waals surface area (Å²) in [4.78, 5) is 23.0. The summed E-state index contributed by atoms with van der Waals surface area (Å²) in [6.07, 6.45) is 0.133. The molecule has 0 aliphatic carbocycles. The lowest BCUT2D eigenvalue weighted by atomic mass is 9.96. The second-order valence-electron chi connectivity index (χ2n) is 7.24. The molecule has 168 valence electrons. The highest BCUT2D eigenvalue weighted by Gasteiger charge is 2.27. The lowest BCUT2D eigenvalue weighted by Gasteiger charge is -2.15. The van der Waals surface area contributed by atoms with Crippen LogP contribution in [0.5, 0.6) is 0 Å². The van der Waals surface area contributed by atoms with Gasteiger partial charge in [-0.15, -0.1) is 0 Å². The van der Waals surface area contributed by atoms with Crippen molar-refractivity contribution >= 4 is 27.6 Å². The number of benzene rings is 3. The molecule has 0 saturated carbocycles. The molecule has 0 heterocycles. The summed E-state index contributed by atoms with van der Waals surface area (Å²) in [5, 5.41) is 14.7. The average molecular weight is 464 g/mol. The lowest BCUT2D eigenvalue weighted by Crippen LogP contribution is -2.24. The van der Waals surface area contributed by atoms with Crippen molar-refractivity contribution in [2.24, 2.45) is 10.9 Å². The monoisotopic (exact) mass is 463 g/mol. The van der Waals surface area contributed by atoms with Gasteiger partial charge < -0.3 is 16.6 Å². The number of nitrogens with two attached hydrogens (primary N) is 3. The molecule has 0 saturated heterocycles. The summed E-state index contributed by atoms with van der Waals surface area (Å²) in [6, 6.07) is 15.1. The highest BCUT2D eigenvalue weighted by molar-refractivity contribution is 7.89. The van der Waals surface area contributed by atoms with E-state index >= 15 is 0 Å². The fourth-order valence-corrected chi connectivity index (χ4v) is 4.42. The molecule has 0 atom stereocenters. The zero-order chi connectivity index (χ0) is 24.3. The molecule has 0 aromatic heterocycles. The molecule has 3 aromatic rings. The van der Waals surface area contributed by atoms with Gasteiger partial charge in [0.05, 0.1) is 16.8 Å². The summed E-state index contributed by atoms with van der Waals surface area (Å²) >= 11 is 0. The Kier molecular flexibility index (Phi) is 6.53. The number of hydrogen-bond acceptors (Lipinski definition) is 5. The van der Waals surface area contributed by atoms with Crippen molar-refractivity contribution in [2.75, 3.05) is 5.73 Å². The van der Waals surface area contributed by atoms with E-state index in [0.29, 0.717) is 22.3 Å². The molecule has 9 heteroatoms. The van der Waals surface area contributed by atoms with E-state index in [1.54, 1.807) is 49.4 Å². The minimum Gasteiger partial charge on any atom is -0.478 e. The van der Waals surface area contributed by atoms with Gasteiger partial charge in [0.15, 0.2) is 0 Å². The van der Waals surface area contributed by atoms with Crippen molar-refractivity contribution < 1.29 is 23.1 Å². The normalized spacial score (nSPS) is 10.8. The van der Waals surface area contributed by atoms with E-state index < -0.39 is 32.4 Å². The smallest absolute Gasteiger partial charge is 0.335 e. The number of nitrogen functional groups attached to an aromatic ring is 1. The highest BCUT2D eigenvalue weighted by atomic mass is 32.2. The minimum atomic E-state index is -4.41. The molecule has 0 radical (unpaired) electrons. The van der Waals surface area contributed by atoms with Gasteiger partial charge in [0, 0.05) is 17.5 Å². The Labute approximate surface area is 191 Å². The zero-order valence-electron chi connectivity index (χ0n) is 17.6. The van der Waals surface area contributed by atoms with Crippen LogP contribution in [0, 0.1) is 18.8 Å². The Bertz CT molecular complexity index is 1440. The van der Waals surface area contributed by atoms with E-state index in [4.69, 9.17) is 16.6 Å². The fraction of sp³-hybridized carbons (Fsp3) is 0.0833. The van der Waals surface area contributed by atoms with Crippen LogP contribution in [0.3, 0.4) is 0 Å². The maximum atomic E-state index is 12.4. The molecule has 0 bridgehead atoms. The number of carboxylic acid groups (broad SMARTS) is 1. The van der Waals surface area contributed by atoms with Crippen molar-refractivity contribution in [3.8, 4) is 23.0 Å². The molecular weight excluding hydrogens is 442 g/mol. The van der Waals surface area contributed by atoms with Crippen LogP contribution in [0.25, 0.3) is 11.1 Å². The number of carbonyl (C=O) groups is 2. The van der Waals surface area contributed by atoms with Crippen molar-refractivity contribution in [1.82, 2.24) is 0 Å². The Morgan fingerprint density at radius 2 is 1.73 bits per heavy atom. The number of primary sulfonamides is 1. The Balaban J connectivity index is 2.22. The number of amides is 1. The van der Waals surface area contributed by atoms with E-state index in [1.165, 1.54) is 12.1 Å². The van der Waals surface area contributed by atoms with E-state index in [1.807, 2.05) is 0 Å². The Morgan fingerprint density at radius 1 is 1.06 bits per heavy atom. The summed E-state index contributed by atoms with van der Waals surface area (Å²) in [5.41, 5.74) is 13.4. The second-order valence-corrected chi connectivity index (χ2v) is 8.74. The molecule has 0 spiro atoms. The predicted octanol–water partition coefficient (Wildman–Crippen LogP) is 2.28. The molecule has 7 N–H and O–H groups in total. The maximum absolute atomic E-state index is 12.4. The summed E-state index contributed by atoms with van der Waals surface area (Å²) < 4.78 is 24.7. The number of aromatic carboxylic acids is 1. The van der Waals surface area contributed by atoms with Gasteiger partial charge in [-0.3, -0.25) is 4.79 Å². The summed E-state index contributed by atoms with van der Waals surface area (Å²) in [5.74, 6) is 3.49.